The highest BCUT2D eigenvalue weighted by Crippen LogP contribution is 2.19. The summed E-state index contributed by atoms with van der Waals surface area (Å²) in [7, 11) is 0. The molecular weight excluding hydrogens is 380 g/mol. The van der Waals surface area contributed by atoms with E-state index >= 15 is 0 Å². The predicted octanol–water partition coefficient (Wildman–Crippen LogP) is 3.20. The third kappa shape index (κ3) is 4.39. The second-order valence-electron chi connectivity index (χ2n) is 5.72. The highest BCUT2D eigenvalue weighted by molar-refractivity contribution is 6.34. The molecule has 0 aliphatic heterocycles. The average Bonchev–Trinajstić information content (AvgIpc) is 2.57. The van der Waals surface area contributed by atoms with Gasteiger partial charge in [0.2, 0.25) is 5.91 Å². The van der Waals surface area contributed by atoms with E-state index < -0.39 is 11.4 Å². The number of fused-ring (bicyclic) bond motifs is 1. The Bertz CT molecular complexity index is 1020. The average molecular weight is 394 g/mol. The predicted molar refractivity (Wildman–Crippen MR) is 99.1 cm³/mol. The number of halogens is 3. The van der Waals surface area contributed by atoms with Gasteiger partial charge in [0.05, 0.1) is 17.2 Å². The van der Waals surface area contributed by atoms with Crippen LogP contribution in [0.2, 0.25) is 10.0 Å². The molecular formula is C18H14Cl2FN3O2. The van der Waals surface area contributed by atoms with Crippen LogP contribution in [-0.2, 0) is 17.8 Å². The maximum Gasteiger partial charge on any atom is 0.261 e. The van der Waals surface area contributed by atoms with Gasteiger partial charge in [-0.15, -0.1) is 0 Å². The molecule has 0 fully saturated rings. The summed E-state index contributed by atoms with van der Waals surface area (Å²) in [5.74, 6) is -0.878. The summed E-state index contributed by atoms with van der Waals surface area (Å²) in [4.78, 5) is 28.5. The van der Waals surface area contributed by atoms with E-state index in [4.69, 9.17) is 23.2 Å². The van der Waals surface area contributed by atoms with E-state index in [-0.39, 0.29) is 17.8 Å². The summed E-state index contributed by atoms with van der Waals surface area (Å²) in [6.45, 7) is 0.161. The molecule has 8 heteroatoms. The van der Waals surface area contributed by atoms with E-state index in [1.54, 1.807) is 18.2 Å². The van der Waals surface area contributed by atoms with E-state index in [1.165, 1.54) is 18.5 Å². The lowest BCUT2D eigenvalue weighted by molar-refractivity contribution is -0.121. The Morgan fingerprint density at radius 1 is 1.15 bits per heavy atom. The molecule has 1 aromatic heterocycles. The summed E-state index contributed by atoms with van der Waals surface area (Å²) in [5, 5.41) is 3.91. The molecule has 0 spiro atoms. The summed E-state index contributed by atoms with van der Waals surface area (Å²) in [6.07, 6.45) is 1.82. The van der Waals surface area contributed by atoms with Gasteiger partial charge in [0.1, 0.15) is 12.4 Å². The van der Waals surface area contributed by atoms with Crippen molar-refractivity contribution in [1.82, 2.24) is 14.9 Å². The van der Waals surface area contributed by atoms with Crippen molar-refractivity contribution >= 4 is 40.0 Å². The van der Waals surface area contributed by atoms with Crippen LogP contribution in [0.3, 0.4) is 0 Å². The summed E-state index contributed by atoms with van der Waals surface area (Å²) in [6, 6.07) is 8.94. The molecule has 1 amide bonds. The molecule has 3 rings (SSSR count). The molecule has 0 radical (unpaired) electrons. The zero-order valence-corrected chi connectivity index (χ0v) is 15.0. The van der Waals surface area contributed by atoms with E-state index in [9.17, 15) is 14.0 Å². The first kappa shape index (κ1) is 18.4. The molecule has 0 unspecified atom stereocenters. The van der Waals surface area contributed by atoms with Gasteiger partial charge < -0.3 is 5.32 Å². The number of amides is 1. The maximum atomic E-state index is 13.3. The molecule has 0 atom stereocenters. The number of hydrogen-bond donors (Lipinski definition) is 1. The van der Waals surface area contributed by atoms with Crippen LogP contribution in [0, 0.1) is 5.82 Å². The fraction of sp³-hybridized carbons (Fsp3) is 0.167. The van der Waals surface area contributed by atoms with Crippen molar-refractivity contribution in [3.05, 3.63) is 74.5 Å². The van der Waals surface area contributed by atoms with E-state index in [2.05, 4.69) is 10.3 Å². The molecule has 0 saturated carbocycles. The molecule has 26 heavy (non-hydrogen) atoms. The van der Waals surface area contributed by atoms with Crippen molar-refractivity contribution in [2.75, 3.05) is 6.54 Å². The Morgan fingerprint density at radius 3 is 2.62 bits per heavy atom. The van der Waals surface area contributed by atoms with Crippen molar-refractivity contribution in [2.45, 2.75) is 13.0 Å². The molecule has 5 nitrogen and oxygen atoms in total. The van der Waals surface area contributed by atoms with Crippen molar-refractivity contribution in [3.63, 3.8) is 0 Å². The number of benzene rings is 2. The van der Waals surface area contributed by atoms with Crippen LogP contribution in [0.5, 0.6) is 0 Å². The highest BCUT2D eigenvalue weighted by Gasteiger charge is 2.09. The lowest BCUT2D eigenvalue weighted by atomic mass is 10.1. The molecule has 0 saturated heterocycles. The van der Waals surface area contributed by atoms with Crippen molar-refractivity contribution in [1.29, 1.82) is 0 Å². The van der Waals surface area contributed by atoms with Gasteiger partial charge in [0, 0.05) is 16.6 Å². The SMILES string of the molecule is O=C(Cn1cnc2ccc(F)cc2c1=O)NCCc1cc(Cl)cc(Cl)c1. The van der Waals surface area contributed by atoms with Crippen LogP contribution in [0.4, 0.5) is 4.39 Å². The zero-order chi connectivity index (χ0) is 18.7. The number of carbonyl (C=O) groups excluding carboxylic acids is 1. The minimum absolute atomic E-state index is 0.133. The summed E-state index contributed by atoms with van der Waals surface area (Å²) in [5.41, 5.74) is 0.806. The second kappa shape index (κ2) is 7.85. The van der Waals surface area contributed by atoms with Crippen LogP contribution in [0.1, 0.15) is 5.56 Å². The highest BCUT2D eigenvalue weighted by atomic mass is 35.5. The van der Waals surface area contributed by atoms with Gasteiger partial charge in [-0.2, -0.15) is 0 Å². The number of nitrogens with zero attached hydrogens (tertiary/aromatic N) is 2. The lowest BCUT2D eigenvalue weighted by Gasteiger charge is -2.08. The lowest BCUT2D eigenvalue weighted by Crippen LogP contribution is -2.33. The smallest absolute Gasteiger partial charge is 0.261 e. The van der Waals surface area contributed by atoms with E-state index in [1.807, 2.05) is 0 Å². The van der Waals surface area contributed by atoms with Gasteiger partial charge >= 0.3 is 0 Å². The van der Waals surface area contributed by atoms with Gasteiger partial charge in [0.15, 0.2) is 0 Å². The van der Waals surface area contributed by atoms with E-state index in [0.29, 0.717) is 28.5 Å². The third-order valence-corrected chi connectivity index (χ3v) is 4.19. The fourth-order valence-electron chi connectivity index (χ4n) is 2.56. The third-order valence-electron chi connectivity index (χ3n) is 3.76. The van der Waals surface area contributed by atoms with Gasteiger partial charge in [-0.05, 0) is 48.4 Å². The Kier molecular flexibility index (Phi) is 5.54. The minimum Gasteiger partial charge on any atom is -0.354 e. The Morgan fingerprint density at radius 2 is 1.88 bits per heavy atom. The monoisotopic (exact) mass is 393 g/mol. The number of rotatable bonds is 5. The normalized spacial score (nSPS) is 10.9. The van der Waals surface area contributed by atoms with Gasteiger partial charge in [0.25, 0.3) is 5.56 Å². The first-order valence-electron chi connectivity index (χ1n) is 7.79. The molecule has 0 aliphatic carbocycles. The number of nitrogens with one attached hydrogen (secondary N) is 1. The standard InChI is InChI=1S/C18H14Cl2FN3O2/c19-12-5-11(6-13(20)7-12)3-4-22-17(25)9-24-10-23-16-2-1-14(21)8-15(16)18(24)26/h1-2,5-8,10H,3-4,9H2,(H,22,25). The second-order valence-corrected chi connectivity index (χ2v) is 6.59. The molecule has 1 N–H and O–H groups in total. The van der Waals surface area contributed by atoms with Crippen LogP contribution in [0.25, 0.3) is 10.9 Å². The number of aromatic nitrogens is 2. The van der Waals surface area contributed by atoms with Crippen LogP contribution < -0.4 is 10.9 Å². The molecule has 0 aliphatic rings. The summed E-state index contributed by atoms with van der Waals surface area (Å²) < 4.78 is 14.5. The molecule has 2 aromatic carbocycles. The van der Waals surface area contributed by atoms with Gasteiger partial charge in [-0.25, -0.2) is 9.37 Å². The van der Waals surface area contributed by atoms with Crippen LogP contribution in [-0.4, -0.2) is 22.0 Å². The fourth-order valence-corrected chi connectivity index (χ4v) is 3.13. The maximum absolute atomic E-state index is 13.3. The largest absolute Gasteiger partial charge is 0.354 e. The first-order valence-corrected chi connectivity index (χ1v) is 8.54. The van der Waals surface area contributed by atoms with E-state index in [0.717, 1.165) is 16.2 Å². The van der Waals surface area contributed by atoms with Crippen molar-refractivity contribution < 1.29 is 9.18 Å². The van der Waals surface area contributed by atoms with Crippen LogP contribution in [0.15, 0.2) is 47.5 Å². The molecule has 0 bridgehead atoms. The quantitative estimate of drug-likeness (QED) is 0.723. The zero-order valence-electron chi connectivity index (χ0n) is 13.5. The Labute approximate surface area is 158 Å². The molecule has 3 aromatic rings. The van der Waals surface area contributed by atoms with Gasteiger partial charge in [-0.1, -0.05) is 23.2 Å². The van der Waals surface area contributed by atoms with Crippen molar-refractivity contribution in [3.8, 4) is 0 Å². The van der Waals surface area contributed by atoms with Crippen LogP contribution >= 0.6 is 23.2 Å². The van der Waals surface area contributed by atoms with Crippen molar-refractivity contribution in [2.24, 2.45) is 0 Å². The molecule has 1 heterocycles. The topological polar surface area (TPSA) is 64.0 Å². The molecule has 134 valence electrons. The Balaban J connectivity index is 1.64. The first-order chi connectivity index (χ1) is 12.4. The summed E-state index contributed by atoms with van der Waals surface area (Å²) >= 11 is 11.9. The minimum atomic E-state index is -0.529. The Hall–Kier alpha value is -2.44. The number of carbonyl (C=O) groups is 1. The van der Waals surface area contributed by atoms with Gasteiger partial charge in [-0.3, -0.25) is 14.2 Å². The number of hydrogen-bond acceptors (Lipinski definition) is 3.